The van der Waals surface area contributed by atoms with E-state index in [0.717, 1.165) is 36.0 Å². The number of hydrogen-bond donors (Lipinski definition) is 3. The highest BCUT2D eigenvalue weighted by atomic mass is 16.5. The maximum atomic E-state index is 11.6. The molecule has 7 nitrogen and oxygen atoms in total. The lowest BCUT2D eigenvalue weighted by Gasteiger charge is -2.34. The first-order valence-corrected chi connectivity index (χ1v) is 7.66. The van der Waals surface area contributed by atoms with Crippen LogP contribution in [0.3, 0.4) is 0 Å². The van der Waals surface area contributed by atoms with E-state index in [1.807, 2.05) is 23.1 Å². The van der Waals surface area contributed by atoms with Gasteiger partial charge in [0.1, 0.15) is 18.9 Å². The fourth-order valence-corrected chi connectivity index (χ4v) is 3.09. The molecule has 0 radical (unpaired) electrons. The molecule has 0 aromatic heterocycles. The molecule has 1 aromatic rings. The molecule has 7 heteroatoms. The maximum absolute atomic E-state index is 11.6. The zero-order valence-electron chi connectivity index (χ0n) is 12.3. The lowest BCUT2D eigenvalue weighted by atomic mass is 10.1. The number of carbonyl (C=O) groups is 1. The molecule has 3 aliphatic rings. The normalized spacial score (nSPS) is 23.6. The molecule has 1 fully saturated rings. The quantitative estimate of drug-likeness (QED) is 0.741. The Morgan fingerprint density at radius 1 is 1.41 bits per heavy atom. The summed E-state index contributed by atoms with van der Waals surface area (Å²) in [4.78, 5) is 13.5. The van der Waals surface area contributed by atoms with Gasteiger partial charge in [-0.3, -0.25) is 4.79 Å². The number of nitrogens with zero attached hydrogens (tertiary/aromatic N) is 2. The van der Waals surface area contributed by atoms with Gasteiger partial charge in [-0.15, -0.1) is 0 Å². The van der Waals surface area contributed by atoms with Crippen LogP contribution in [-0.4, -0.2) is 44.0 Å². The number of hydrazone groups is 1. The highest BCUT2D eigenvalue weighted by molar-refractivity contribution is 6.07. The minimum atomic E-state index is -0.105. The fraction of sp³-hybridized carbons (Fsp3) is 0.467. The summed E-state index contributed by atoms with van der Waals surface area (Å²) in [6.45, 7) is 2.74. The van der Waals surface area contributed by atoms with E-state index in [0.29, 0.717) is 12.6 Å². The molecular weight excluding hydrogens is 282 g/mol. The van der Waals surface area contributed by atoms with E-state index in [-0.39, 0.29) is 12.5 Å². The van der Waals surface area contributed by atoms with Crippen molar-refractivity contribution in [3.63, 3.8) is 0 Å². The third kappa shape index (κ3) is 2.48. The van der Waals surface area contributed by atoms with Gasteiger partial charge in [0, 0.05) is 18.3 Å². The summed E-state index contributed by atoms with van der Waals surface area (Å²) in [6, 6.07) is 6.46. The number of benzene rings is 1. The minimum absolute atomic E-state index is 0.105. The number of nitrogens with one attached hydrogen (secondary N) is 3. The molecule has 1 aromatic carbocycles. The topological polar surface area (TPSA) is 78.0 Å². The molecule has 4 rings (SSSR count). The summed E-state index contributed by atoms with van der Waals surface area (Å²) in [7, 11) is 0. The molecule has 1 saturated heterocycles. The van der Waals surface area contributed by atoms with Gasteiger partial charge in [0.2, 0.25) is 0 Å². The molecule has 3 heterocycles. The third-order valence-electron chi connectivity index (χ3n) is 4.20. The number of ether oxygens (including phenoxy) is 1. The van der Waals surface area contributed by atoms with E-state index >= 15 is 0 Å². The molecular formula is C15H19N5O2. The van der Waals surface area contributed by atoms with E-state index in [1.165, 1.54) is 12.8 Å². The first-order chi connectivity index (χ1) is 10.8. The zero-order valence-corrected chi connectivity index (χ0v) is 12.3. The standard InChI is InChI=1S/C15H19N5O2/c21-15-8-20-12-6-10(17-11-2-1-5-16-7-11)3-4-13(12)22-9-14(20)18-19-15/h3-4,6,11,16-17H,1-2,5,7-9H2,(H,19,21). The first kappa shape index (κ1) is 13.4. The predicted molar refractivity (Wildman–Crippen MR) is 84.4 cm³/mol. The average molecular weight is 301 g/mol. The smallest absolute Gasteiger partial charge is 0.260 e. The van der Waals surface area contributed by atoms with Crippen LogP contribution in [0, 0.1) is 0 Å². The van der Waals surface area contributed by atoms with Crippen LogP contribution in [0.5, 0.6) is 5.75 Å². The Labute approximate surface area is 128 Å². The highest BCUT2D eigenvalue weighted by Gasteiger charge is 2.29. The van der Waals surface area contributed by atoms with Crippen molar-refractivity contribution in [3.8, 4) is 5.75 Å². The Kier molecular flexibility index (Phi) is 3.34. The van der Waals surface area contributed by atoms with E-state index in [2.05, 4.69) is 21.2 Å². The van der Waals surface area contributed by atoms with Crippen LogP contribution in [0.25, 0.3) is 0 Å². The molecule has 1 atom stereocenters. The van der Waals surface area contributed by atoms with Gasteiger partial charge < -0.3 is 20.3 Å². The molecule has 3 aliphatic heterocycles. The highest BCUT2D eigenvalue weighted by Crippen LogP contribution is 2.35. The summed E-state index contributed by atoms with van der Waals surface area (Å²) in [6.07, 6.45) is 2.36. The molecule has 1 amide bonds. The molecule has 0 spiro atoms. The largest absolute Gasteiger partial charge is 0.483 e. The number of fused-ring (bicyclic) bond motifs is 3. The molecule has 22 heavy (non-hydrogen) atoms. The van der Waals surface area contributed by atoms with Gasteiger partial charge in [-0.25, -0.2) is 5.43 Å². The van der Waals surface area contributed by atoms with Gasteiger partial charge in [-0.1, -0.05) is 0 Å². The summed E-state index contributed by atoms with van der Waals surface area (Å²) in [5, 5.41) is 11.0. The second-order valence-corrected chi connectivity index (χ2v) is 5.81. The van der Waals surface area contributed by atoms with Crippen LogP contribution in [0.15, 0.2) is 23.3 Å². The number of piperidine rings is 1. The van der Waals surface area contributed by atoms with Crippen molar-refractivity contribution >= 4 is 23.1 Å². The van der Waals surface area contributed by atoms with Gasteiger partial charge in [0.05, 0.1) is 5.69 Å². The van der Waals surface area contributed by atoms with Crippen LogP contribution >= 0.6 is 0 Å². The van der Waals surface area contributed by atoms with Crippen LogP contribution < -0.4 is 25.7 Å². The van der Waals surface area contributed by atoms with Gasteiger partial charge in [0.15, 0.2) is 5.84 Å². The van der Waals surface area contributed by atoms with Crippen LogP contribution in [-0.2, 0) is 4.79 Å². The Morgan fingerprint density at radius 2 is 2.36 bits per heavy atom. The third-order valence-corrected chi connectivity index (χ3v) is 4.20. The second-order valence-electron chi connectivity index (χ2n) is 5.81. The van der Waals surface area contributed by atoms with Gasteiger partial charge in [-0.2, -0.15) is 5.10 Å². The Balaban J connectivity index is 1.59. The Morgan fingerprint density at radius 3 is 3.23 bits per heavy atom. The number of amides is 1. The molecule has 1 unspecified atom stereocenters. The number of anilines is 2. The average Bonchev–Trinajstić information content (AvgIpc) is 2.56. The minimum Gasteiger partial charge on any atom is -0.483 e. The van der Waals surface area contributed by atoms with E-state index < -0.39 is 0 Å². The number of rotatable bonds is 2. The van der Waals surface area contributed by atoms with Crippen LogP contribution in [0.2, 0.25) is 0 Å². The van der Waals surface area contributed by atoms with E-state index in [9.17, 15) is 4.79 Å². The van der Waals surface area contributed by atoms with Crippen molar-refractivity contribution < 1.29 is 9.53 Å². The first-order valence-electron chi connectivity index (χ1n) is 7.66. The lowest BCUT2D eigenvalue weighted by molar-refractivity contribution is -0.119. The van der Waals surface area contributed by atoms with Gasteiger partial charge in [0.25, 0.3) is 5.91 Å². The summed E-state index contributed by atoms with van der Waals surface area (Å²) in [5.74, 6) is 1.43. The summed E-state index contributed by atoms with van der Waals surface area (Å²) in [5.41, 5.74) is 4.44. The molecule has 0 saturated carbocycles. The van der Waals surface area contributed by atoms with Crippen molar-refractivity contribution in [2.24, 2.45) is 5.10 Å². The number of carbonyl (C=O) groups excluding carboxylic acids is 1. The maximum Gasteiger partial charge on any atom is 0.260 e. The Hall–Kier alpha value is -2.28. The fourth-order valence-electron chi connectivity index (χ4n) is 3.09. The number of hydrogen-bond acceptors (Lipinski definition) is 6. The summed E-state index contributed by atoms with van der Waals surface area (Å²) < 4.78 is 5.71. The van der Waals surface area contributed by atoms with Gasteiger partial charge in [-0.05, 0) is 37.6 Å². The predicted octanol–water partition coefficient (Wildman–Crippen LogP) is 0.493. The Bertz CT molecular complexity index is 624. The van der Waals surface area contributed by atoms with E-state index in [1.54, 1.807) is 0 Å². The van der Waals surface area contributed by atoms with Crippen LogP contribution in [0.4, 0.5) is 11.4 Å². The van der Waals surface area contributed by atoms with Crippen molar-refractivity contribution in [3.05, 3.63) is 18.2 Å². The molecule has 116 valence electrons. The molecule has 0 bridgehead atoms. The second kappa shape index (κ2) is 5.49. The van der Waals surface area contributed by atoms with Crippen molar-refractivity contribution in [1.82, 2.24) is 10.7 Å². The van der Waals surface area contributed by atoms with Gasteiger partial charge >= 0.3 is 0 Å². The SMILES string of the molecule is O=C1CN2C(=NN1)COc1ccc(NC3CCCNC3)cc12. The van der Waals surface area contributed by atoms with Crippen LogP contribution in [0.1, 0.15) is 12.8 Å². The van der Waals surface area contributed by atoms with Crippen molar-refractivity contribution in [2.45, 2.75) is 18.9 Å². The van der Waals surface area contributed by atoms with Crippen molar-refractivity contribution in [2.75, 3.05) is 36.5 Å². The zero-order chi connectivity index (χ0) is 14.9. The molecule has 0 aliphatic carbocycles. The molecule has 3 N–H and O–H groups in total. The monoisotopic (exact) mass is 301 g/mol. The van der Waals surface area contributed by atoms with E-state index in [4.69, 9.17) is 4.74 Å². The summed E-state index contributed by atoms with van der Waals surface area (Å²) >= 11 is 0. The van der Waals surface area contributed by atoms with Crippen molar-refractivity contribution in [1.29, 1.82) is 0 Å². The lowest BCUT2D eigenvalue weighted by Crippen LogP contribution is -2.49. The number of amidine groups is 1.